The SMILES string of the molecule is N#CC(C#N)=C1C(C#N)CC(=C=O)S1(=O)=O. The van der Waals surface area contributed by atoms with Gasteiger partial charge < -0.3 is 0 Å². The number of hydrogen-bond donors (Lipinski definition) is 0. The Morgan fingerprint density at radius 1 is 1.25 bits per heavy atom. The third kappa shape index (κ3) is 1.49. The molecule has 0 amide bonds. The van der Waals surface area contributed by atoms with Crippen molar-refractivity contribution in [1.82, 2.24) is 0 Å². The first kappa shape index (κ1) is 11.7. The molecule has 1 rings (SSSR count). The van der Waals surface area contributed by atoms with E-state index in [-0.39, 0.29) is 6.42 Å². The van der Waals surface area contributed by atoms with Crippen LogP contribution in [0.5, 0.6) is 0 Å². The van der Waals surface area contributed by atoms with Crippen LogP contribution in [0.4, 0.5) is 0 Å². The fourth-order valence-electron chi connectivity index (χ4n) is 1.35. The Morgan fingerprint density at radius 2 is 1.81 bits per heavy atom. The van der Waals surface area contributed by atoms with Crippen molar-refractivity contribution in [3.05, 3.63) is 15.4 Å². The summed E-state index contributed by atoms with van der Waals surface area (Å²) in [5.41, 5.74) is -0.656. The summed E-state index contributed by atoms with van der Waals surface area (Å²) in [6, 6.07) is 4.45. The molecule has 0 aliphatic carbocycles. The summed E-state index contributed by atoms with van der Waals surface area (Å²) >= 11 is 0. The van der Waals surface area contributed by atoms with E-state index in [0.29, 0.717) is 0 Å². The lowest BCUT2D eigenvalue weighted by molar-refractivity contribution is 0.566. The summed E-state index contributed by atoms with van der Waals surface area (Å²) in [4.78, 5) is 9.22. The summed E-state index contributed by atoms with van der Waals surface area (Å²) in [7, 11) is -4.16. The number of nitriles is 3. The van der Waals surface area contributed by atoms with Crippen LogP contribution in [0.15, 0.2) is 15.4 Å². The first-order valence-electron chi connectivity index (χ1n) is 3.96. The number of allylic oxidation sites excluding steroid dienone is 3. The molecule has 78 valence electrons. The predicted octanol–water partition coefficient (Wildman–Crippen LogP) is -0.0386. The van der Waals surface area contributed by atoms with E-state index >= 15 is 0 Å². The van der Waals surface area contributed by atoms with Gasteiger partial charge in [0.1, 0.15) is 28.6 Å². The molecule has 1 aliphatic rings. The van der Waals surface area contributed by atoms with Crippen molar-refractivity contribution in [3.8, 4) is 18.2 Å². The second-order valence-corrected chi connectivity index (χ2v) is 4.82. The normalized spacial score (nSPS) is 21.4. The van der Waals surface area contributed by atoms with Gasteiger partial charge in [0.25, 0.3) is 0 Å². The smallest absolute Gasteiger partial charge is 0.212 e. The average molecular weight is 233 g/mol. The molecule has 0 spiro atoms. The van der Waals surface area contributed by atoms with Gasteiger partial charge in [0.05, 0.1) is 16.9 Å². The lowest BCUT2D eigenvalue weighted by atomic mass is 10.0. The summed E-state index contributed by atoms with van der Waals surface area (Å²) in [6.45, 7) is 0. The minimum atomic E-state index is -4.16. The highest BCUT2D eigenvalue weighted by Crippen LogP contribution is 2.39. The molecule has 0 N–H and O–H groups in total. The Morgan fingerprint density at radius 3 is 2.19 bits per heavy atom. The maximum Gasteiger partial charge on any atom is 0.212 e. The molecule has 1 saturated heterocycles. The van der Waals surface area contributed by atoms with Crippen LogP contribution in [0, 0.1) is 39.9 Å². The van der Waals surface area contributed by atoms with E-state index in [4.69, 9.17) is 15.8 Å². The summed E-state index contributed by atoms with van der Waals surface area (Å²) in [6.07, 6.45) is -0.329. The highest BCUT2D eigenvalue weighted by Gasteiger charge is 2.42. The van der Waals surface area contributed by atoms with E-state index in [0.717, 1.165) is 0 Å². The van der Waals surface area contributed by atoms with Crippen LogP contribution in [-0.4, -0.2) is 14.4 Å². The molecule has 0 bridgehead atoms. The molecule has 1 aliphatic heterocycles. The van der Waals surface area contributed by atoms with Gasteiger partial charge in [0, 0.05) is 6.42 Å². The lowest BCUT2D eigenvalue weighted by Crippen LogP contribution is -2.04. The van der Waals surface area contributed by atoms with E-state index in [1.54, 1.807) is 6.07 Å². The monoisotopic (exact) mass is 233 g/mol. The molecule has 1 unspecified atom stereocenters. The molecular weight excluding hydrogens is 230 g/mol. The maximum atomic E-state index is 11.6. The van der Waals surface area contributed by atoms with Crippen LogP contribution in [0.3, 0.4) is 0 Å². The topological polar surface area (TPSA) is 123 Å². The van der Waals surface area contributed by atoms with Gasteiger partial charge in [-0.15, -0.1) is 0 Å². The molecule has 1 fully saturated rings. The average Bonchev–Trinajstić information content (AvgIpc) is 2.52. The van der Waals surface area contributed by atoms with Crippen molar-refractivity contribution in [1.29, 1.82) is 15.8 Å². The maximum absolute atomic E-state index is 11.6. The van der Waals surface area contributed by atoms with Crippen molar-refractivity contribution in [2.75, 3.05) is 0 Å². The lowest BCUT2D eigenvalue weighted by Gasteiger charge is -1.98. The van der Waals surface area contributed by atoms with Gasteiger partial charge in [-0.05, 0) is 0 Å². The van der Waals surface area contributed by atoms with Gasteiger partial charge in [-0.25, -0.2) is 13.2 Å². The first-order chi connectivity index (χ1) is 7.52. The zero-order chi connectivity index (χ0) is 12.3. The van der Waals surface area contributed by atoms with Crippen LogP contribution >= 0.6 is 0 Å². The molecule has 0 radical (unpaired) electrons. The largest absolute Gasteiger partial charge is 0.232 e. The van der Waals surface area contributed by atoms with E-state index in [2.05, 4.69) is 0 Å². The van der Waals surface area contributed by atoms with Gasteiger partial charge >= 0.3 is 0 Å². The van der Waals surface area contributed by atoms with Crippen molar-refractivity contribution < 1.29 is 13.2 Å². The highest BCUT2D eigenvalue weighted by molar-refractivity contribution is 7.99. The summed E-state index contributed by atoms with van der Waals surface area (Å²) in [5.74, 6) is 0.0694. The molecule has 0 aromatic heterocycles. The Labute approximate surface area is 91.2 Å². The molecule has 1 atom stereocenters. The number of carbonyl (C=O) groups excluding carboxylic acids is 1. The summed E-state index contributed by atoms with van der Waals surface area (Å²) < 4.78 is 23.3. The van der Waals surface area contributed by atoms with Gasteiger partial charge in [-0.2, -0.15) is 15.8 Å². The minimum Gasteiger partial charge on any atom is -0.232 e. The zero-order valence-corrected chi connectivity index (χ0v) is 8.58. The van der Waals surface area contributed by atoms with Crippen LogP contribution in [0.1, 0.15) is 6.42 Å². The van der Waals surface area contributed by atoms with Crippen molar-refractivity contribution >= 4 is 15.8 Å². The zero-order valence-electron chi connectivity index (χ0n) is 7.76. The van der Waals surface area contributed by atoms with Gasteiger partial charge in [-0.1, -0.05) is 0 Å². The Bertz CT molecular complexity index is 630. The van der Waals surface area contributed by atoms with E-state index < -0.39 is 31.1 Å². The van der Waals surface area contributed by atoms with Gasteiger partial charge in [-0.3, -0.25) is 0 Å². The molecular formula is C9H3N3O3S. The first-order valence-corrected chi connectivity index (χ1v) is 5.44. The predicted molar refractivity (Wildman–Crippen MR) is 50.1 cm³/mol. The van der Waals surface area contributed by atoms with E-state index in [9.17, 15) is 13.2 Å². The standard InChI is InChI=1S/C9H3N3O3S/c10-2-6-1-8(5-13)16(14,15)9(6)7(3-11)4-12/h6H,1H2. The number of rotatable bonds is 0. The van der Waals surface area contributed by atoms with Crippen molar-refractivity contribution in [2.45, 2.75) is 6.42 Å². The molecule has 0 aromatic carbocycles. The fourth-order valence-corrected chi connectivity index (χ4v) is 2.98. The van der Waals surface area contributed by atoms with E-state index in [1.165, 1.54) is 18.1 Å². The highest BCUT2D eigenvalue weighted by atomic mass is 32.2. The quantitative estimate of drug-likeness (QED) is 0.427. The number of nitrogens with zero attached hydrogens (tertiary/aromatic N) is 3. The third-order valence-electron chi connectivity index (χ3n) is 2.06. The molecule has 6 nitrogen and oxygen atoms in total. The molecule has 16 heavy (non-hydrogen) atoms. The van der Waals surface area contributed by atoms with Crippen molar-refractivity contribution in [3.63, 3.8) is 0 Å². The minimum absolute atomic E-state index is 0.329. The third-order valence-corrected chi connectivity index (χ3v) is 4.03. The number of sulfone groups is 1. The van der Waals surface area contributed by atoms with Gasteiger partial charge in [0.2, 0.25) is 9.84 Å². The van der Waals surface area contributed by atoms with Crippen LogP contribution in [0.2, 0.25) is 0 Å². The Kier molecular flexibility index (Phi) is 2.92. The molecule has 0 saturated carbocycles. The molecule has 1 heterocycles. The number of hydrogen-bond acceptors (Lipinski definition) is 6. The Balaban J connectivity index is 3.71. The van der Waals surface area contributed by atoms with Crippen LogP contribution in [0.25, 0.3) is 0 Å². The molecule has 0 aromatic rings. The molecule has 7 heteroatoms. The van der Waals surface area contributed by atoms with Crippen molar-refractivity contribution in [2.24, 2.45) is 5.92 Å². The van der Waals surface area contributed by atoms with Gasteiger partial charge in [0.15, 0.2) is 0 Å². The van der Waals surface area contributed by atoms with E-state index in [1.807, 2.05) is 0 Å². The second-order valence-electron chi connectivity index (χ2n) is 2.88. The van der Waals surface area contributed by atoms with Crippen LogP contribution in [-0.2, 0) is 14.6 Å². The Hall–Kier alpha value is -2.39. The summed E-state index contributed by atoms with van der Waals surface area (Å²) in [5, 5.41) is 25.9. The van der Waals surface area contributed by atoms with Crippen LogP contribution < -0.4 is 0 Å². The fraction of sp³-hybridized carbons (Fsp3) is 0.222. The second kappa shape index (κ2) is 4.00.